The Morgan fingerprint density at radius 2 is 1.74 bits per heavy atom. The largest absolute Gasteiger partial charge is 0.493 e. The second-order valence-electron chi connectivity index (χ2n) is 7.77. The number of carbonyl (C=O) groups excluding carboxylic acids is 2. The Balaban J connectivity index is 2.25. The van der Waals surface area contributed by atoms with Crippen molar-refractivity contribution in [1.82, 2.24) is 0 Å². The summed E-state index contributed by atoms with van der Waals surface area (Å²) < 4.78 is 98.1. The Labute approximate surface area is 220 Å². The van der Waals surface area contributed by atoms with Crippen LogP contribution in [0.15, 0.2) is 42.5 Å². The third-order valence-electron chi connectivity index (χ3n) is 5.18. The minimum absolute atomic E-state index is 0.158. The van der Waals surface area contributed by atoms with Gasteiger partial charge in [-0.2, -0.15) is 18.4 Å². The van der Waals surface area contributed by atoms with E-state index in [9.17, 15) is 45.6 Å². The third kappa shape index (κ3) is 6.58. The predicted molar refractivity (Wildman–Crippen MR) is 126 cm³/mol. The van der Waals surface area contributed by atoms with E-state index in [1.54, 1.807) is 6.07 Å². The zero-order valence-corrected chi connectivity index (χ0v) is 20.3. The summed E-state index contributed by atoms with van der Waals surface area (Å²) in [5.74, 6) is -5.18. The summed E-state index contributed by atoms with van der Waals surface area (Å²) in [5.41, 5.74) is -4.90. The maximum absolute atomic E-state index is 13.9. The van der Waals surface area contributed by atoms with Crippen LogP contribution >= 0.6 is 11.6 Å². The number of amides is 1. The van der Waals surface area contributed by atoms with Crippen LogP contribution in [-0.4, -0.2) is 31.8 Å². The Hall–Kier alpha value is -4.31. The van der Waals surface area contributed by atoms with Crippen LogP contribution in [0.4, 0.5) is 42.1 Å². The lowest BCUT2D eigenvalue weighted by molar-refractivity contribution is -0.137. The number of nitrogens with zero attached hydrogens (tertiary/aromatic N) is 1. The summed E-state index contributed by atoms with van der Waals surface area (Å²) in [4.78, 5) is 26.4. The van der Waals surface area contributed by atoms with E-state index in [0.29, 0.717) is 12.1 Å². The highest BCUT2D eigenvalue weighted by molar-refractivity contribution is 6.35. The van der Waals surface area contributed by atoms with Gasteiger partial charge in [-0.25, -0.2) is 17.6 Å². The van der Waals surface area contributed by atoms with E-state index >= 15 is 0 Å². The normalized spacial score (nSPS) is 11.2. The lowest BCUT2D eigenvalue weighted by Gasteiger charge is -2.19. The molecule has 39 heavy (non-hydrogen) atoms. The van der Waals surface area contributed by atoms with Crippen molar-refractivity contribution in [3.63, 3.8) is 0 Å². The molecule has 0 aliphatic heterocycles. The Kier molecular flexibility index (Phi) is 8.71. The molecule has 0 saturated heterocycles. The minimum Gasteiger partial charge on any atom is -0.493 e. The van der Waals surface area contributed by atoms with Crippen molar-refractivity contribution >= 4 is 34.7 Å². The molecule has 2 N–H and O–H groups in total. The SMILES string of the molecule is COc1c(NCC(F)F)cc(NC(=O)c2cc(F)cc(C(F)(F)F)c2)c(C(=O)c2cc(F)ccc2Cl)c1C#N. The van der Waals surface area contributed by atoms with Gasteiger partial charge in [-0.05, 0) is 42.5 Å². The van der Waals surface area contributed by atoms with Gasteiger partial charge >= 0.3 is 6.18 Å². The summed E-state index contributed by atoms with van der Waals surface area (Å²) in [6.07, 6.45) is -7.90. The van der Waals surface area contributed by atoms with Gasteiger partial charge in [-0.3, -0.25) is 9.59 Å². The first-order valence-corrected chi connectivity index (χ1v) is 11.0. The molecule has 0 heterocycles. The number of hydrogen-bond donors (Lipinski definition) is 2. The van der Waals surface area contributed by atoms with Crippen molar-refractivity contribution in [1.29, 1.82) is 5.26 Å². The first kappa shape index (κ1) is 29.2. The van der Waals surface area contributed by atoms with Gasteiger partial charge in [0.1, 0.15) is 23.3 Å². The van der Waals surface area contributed by atoms with Crippen LogP contribution in [-0.2, 0) is 6.18 Å². The molecule has 3 aromatic rings. The molecule has 0 fully saturated rings. The van der Waals surface area contributed by atoms with Gasteiger partial charge in [0.2, 0.25) is 0 Å². The molecule has 0 aromatic heterocycles. The predicted octanol–water partition coefficient (Wildman–Crippen LogP) is 6.68. The molecule has 0 unspecified atom stereocenters. The highest BCUT2D eigenvalue weighted by Crippen LogP contribution is 2.39. The maximum Gasteiger partial charge on any atom is 0.416 e. The van der Waals surface area contributed by atoms with Gasteiger partial charge in [0.15, 0.2) is 11.5 Å². The first-order valence-electron chi connectivity index (χ1n) is 10.6. The van der Waals surface area contributed by atoms with Crippen LogP contribution in [0, 0.1) is 23.0 Å². The van der Waals surface area contributed by atoms with Gasteiger partial charge in [0, 0.05) is 11.1 Å². The molecule has 1 amide bonds. The molecule has 6 nitrogen and oxygen atoms in total. The van der Waals surface area contributed by atoms with E-state index in [0.717, 1.165) is 31.4 Å². The number of carbonyl (C=O) groups is 2. The smallest absolute Gasteiger partial charge is 0.416 e. The molecule has 3 rings (SSSR count). The second-order valence-corrected chi connectivity index (χ2v) is 8.18. The lowest BCUT2D eigenvalue weighted by atomic mass is 9.94. The molecule has 204 valence electrons. The summed E-state index contributed by atoms with van der Waals surface area (Å²) in [5, 5.41) is 14.0. The monoisotopic (exact) mass is 573 g/mol. The van der Waals surface area contributed by atoms with Crippen molar-refractivity contribution < 1.29 is 45.1 Å². The summed E-state index contributed by atoms with van der Waals surface area (Å²) in [7, 11) is 1.05. The average molecular weight is 574 g/mol. The van der Waals surface area contributed by atoms with Crippen LogP contribution in [0.1, 0.15) is 37.4 Å². The van der Waals surface area contributed by atoms with Gasteiger partial charge in [0.25, 0.3) is 12.3 Å². The molecular formula is C25H15ClF7N3O3. The van der Waals surface area contributed by atoms with E-state index in [2.05, 4.69) is 10.6 Å². The number of halogens is 8. The van der Waals surface area contributed by atoms with Crippen LogP contribution in [0.2, 0.25) is 5.02 Å². The minimum atomic E-state index is -5.01. The molecule has 0 aliphatic carbocycles. The van der Waals surface area contributed by atoms with E-state index in [4.69, 9.17) is 16.3 Å². The third-order valence-corrected chi connectivity index (χ3v) is 5.51. The summed E-state index contributed by atoms with van der Waals surface area (Å²) in [6, 6.07) is 6.25. The standard InChI is InChI=1S/C25H15ClF7N3O3/c1-39-23-16(9-34)21(22(37)15-7-13(27)2-3-17(15)26)18(8-19(23)35-10-20(29)30)36-24(38)11-4-12(25(31,32)33)6-14(28)5-11/h2-8,20,35H,10H2,1H3,(H,36,38). The molecule has 0 aliphatic rings. The van der Waals surface area contributed by atoms with E-state index in [1.165, 1.54) is 0 Å². The number of rotatable bonds is 8. The zero-order valence-electron chi connectivity index (χ0n) is 19.5. The Morgan fingerprint density at radius 1 is 1.05 bits per heavy atom. The van der Waals surface area contributed by atoms with Crippen molar-refractivity contribution in [3.8, 4) is 11.8 Å². The average Bonchev–Trinajstić information content (AvgIpc) is 2.86. The molecular weight excluding hydrogens is 559 g/mol. The maximum atomic E-state index is 13.9. The summed E-state index contributed by atoms with van der Waals surface area (Å²) in [6.45, 7) is -0.962. The van der Waals surface area contributed by atoms with Crippen LogP contribution in [0.3, 0.4) is 0 Å². The van der Waals surface area contributed by atoms with Gasteiger partial charge in [-0.15, -0.1) is 0 Å². The zero-order chi connectivity index (χ0) is 29.1. The van der Waals surface area contributed by atoms with Crippen LogP contribution < -0.4 is 15.4 Å². The van der Waals surface area contributed by atoms with E-state index in [-0.39, 0.29) is 16.8 Å². The molecule has 14 heteroatoms. The fourth-order valence-electron chi connectivity index (χ4n) is 3.52. The van der Waals surface area contributed by atoms with Crippen molar-refractivity contribution in [3.05, 3.63) is 86.9 Å². The number of nitriles is 1. The Bertz CT molecular complexity index is 1490. The number of hydrogen-bond acceptors (Lipinski definition) is 5. The summed E-state index contributed by atoms with van der Waals surface area (Å²) >= 11 is 6.02. The quantitative estimate of drug-likeness (QED) is 0.232. The van der Waals surface area contributed by atoms with E-state index in [1.807, 2.05) is 0 Å². The van der Waals surface area contributed by atoms with Crippen molar-refractivity contribution in [2.24, 2.45) is 0 Å². The van der Waals surface area contributed by atoms with Crippen molar-refractivity contribution in [2.45, 2.75) is 12.6 Å². The second kappa shape index (κ2) is 11.6. The fraction of sp³-hybridized carbons (Fsp3) is 0.160. The number of anilines is 2. The highest BCUT2D eigenvalue weighted by Gasteiger charge is 2.33. The number of ether oxygens (including phenoxy) is 1. The lowest BCUT2D eigenvalue weighted by Crippen LogP contribution is -2.19. The number of alkyl halides is 5. The van der Waals surface area contributed by atoms with E-state index < -0.39 is 81.7 Å². The molecule has 0 saturated carbocycles. The number of ketones is 1. The Morgan fingerprint density at radius 3 is 2.33 bits per heavy atom. The molecule has 0 radical (unpaired) electrons. The number of nitrogens with one attached hydrogen (secondary N) is 2. The molecule has 0 spiro atoms. The highest BCUT2D eigenvalue weighted by atomic mass is 35.5. The van der Waals surface area contributed by atoms with Crippen LogP contribution in [0.25, 0.3) is 0 Å². The fourth-order valence-corrected chi connectivity index (χ4v) is 3.72. The number of methoxy groups -OCH3 is 1. The molecule has 3 aromatic carbocycles. The van der Waals surface area contributed by atoms with Crippen LogP contribution in [0.5, 0.6) is 5.75 Å². The molecule has 0 atom stereocenters. The van der Waals surface area contributed by atoms with Gasteiger partial charge in [0.05, 0.1) is 41.2 Å². The van der Waals surface area contributed by atoms with Crippen molar-refractivity contribution in [2.75, 3.05) is 24.3 Å². The topological polar surface area (TPSA) is 91.2 Å². The first-order chi connectivity index (χ1) is 18.3. The van der Waals surface area contributed by atoms with Gasteiger partial charge < -0.3 is 15.4 Å². The molecule has 0 bridgehead atoms. The van der Waals surface area contributed by atoms with Gasteiger partial charge in [-0.1, -0.05) is 11.6 Å². The number of benzene rings is 3.